The topological polar surface area (TPSA) is 41.6 Å². The predicted octanol–water partition coefficient (Wildman–Crippen LogP) is 0.900. The first-order chi connectivity index (χ1) is 7.27. The van der Waals surface area contributed by atoms with E-state index >= 15 is 0 Å². The molecular weight excluding hydrogens is 186 g/mol. The SMILES string of the molecule is CN1CCN=C1C(N)Cc1ccccc1. The first-order valence-corrected chi connectivity index (χ1v) is 5.32. The summed E-state index contributed by atoms with van der Waals surface area (Å²) in [6.07, 6.45) is 0.865. The van der Waals surface area contributed by atoms with Gasteiger partial charge in [-0.15, -0.1) is 0 Å². The summed E-state index contributed by atoms with van der Waals surface area (Å²) in [5.41, 5.74) is 7.40. The predicted molar refractivity (Wildman–Crippen MR) is 63.1 cm³/mol. The van der Waals surface area contributed by atoms with Gasteiger partial charge in [0.25, 0.3) is 0 Å². The van der Waals surface area contributed by atoms with E-state index in [2.05, 4.69) is 29.1 Å². The van der Waals surface area contributed by atoms with Crippen molar-refractivity contribution in [3.63, 3.8) is 0 Å². The molecule has 2 rings (SSSR count). The second kappa shape index (κ2) is 4.45. The van der Waals surface area contributed by atoms with Crippen molar-refractivity contribution in [3.8, 4) is 0 Å². The summed E-state index contributed by atoms with van der Waals surface area (Å²) in [7, 11) is 2.05. The minimum Gasteiger partial charge on any atom is -0.360 e. The molecule has 0 amide bonds. The van der Waals surface area contributed by atoms with Crippen LogP contribution in [0.1, 0.15) is 5.56 Å². The molecule has 0 radical (unpaired) electrons. The van der Waals surface area contributed by atoms with Gasteiger partial charge >= 0.3 is 0 Å². The molecule has 3 heteroatoms. The Labute approximate surface area is 90.6 Å². The number of hydrogen-bond acceptors (Lipinski definition) is 3. The van der Waals surface area contributed by atoms with E-state index in [1.54, 1.807) is 0 Å². The molecule has 0 spiro atoms. The van der Waals surface area contributed by atoms with Crippen LogP contribution < -0.4 is 5.73 Å². The van der Waals surface area contributed by atoms with Crippen LogP contribution in [0, 0.1) is 0 Å². The number of amidine groups is 1. The molecule has 1 aromatic rings. The van der Waals surface area contributed by atoms with E-state index in [0.29, 0.717) is 0 Å². The number of nitrogens with two attached hydrogens (primary N) is 1. The highest BCUT2D eigenvalue weighted by molar-refractivity contribution is 5.88. The van der Waals surface area contributed by atoms with Crippen LogP contribution in [-0.4, -0.2) is 36.9 Å². The summed E-state index contributed by atoms with van der Waals surface area (Å²) in [5, 5.41) is 0. The summed E-state index contributed by atoms with van der Waals surface area (Å²) in [4.78, 5) is 6.58. The second-order valence-electron chi connectivity index (χ2n) is 3.96. The molecule has 1 aliphatic rings. The first kappa shape index (κ1) is 10.2. The number of likely N-dealkylation sites (N-methyl/N-ethyl adjacent to an activating group) is 1. The average Bonchev–Trinajstić information content (AvgIpc) is 2.66. The van der Waals surface area contributed by atoms with Crippen LogP contribution in [0.3, 0.4) is 0 Å². The summed E-state index contributed by atoms with van der Waals surface area (Å²) in [6, 6.07) is 10.4. The van der Waals surface area contributed by atoms with Gasteiger partial charge in [-0.05, 0) is 12.0 Å². The van der Waals surface area contributed by atoms with Crippen molar-refractivity contribution in [2.45, 2.75) is 12.5 Å². The highest BCUT2D eigenvalue weighted by atomic mass is 15.2. The highest BCUT2D eigenvalue weighted by Crippen LogP contribution is 2.07. The Morgan fingerprint density at radius 1 is 1.40 bits per heavy atom. The third-order valence-corrected chi connectivity index (χ3v) is 2.73. The van der Waals surface area contributed by atoms with Crippen LogP contribution >= 0.6 is 0 Å². The number of aliphatic imine (C=N–C) groups is 1. The second-order valence-corrected chi connectivity index (χ2v) is 3.96. The molecule has 1 unspecified atom stereocenters. The molecule has 0 saturated heterocycles. The fourth-order valence-corrected chi connectivity index (χ4v) is 1.91. The number of rotatable bonds is 3. The average molecular weight is 203 g/mol. The van der Waals surface area contributed by atoms with Crippen molar-refractivity contribution in [2.24, 2.45) is 10.7 Å². The van der Waals surface area contributed by atoms with Gasteiger partial charge in [-0.1, -0.05) is 30.3 Å². The van der Waals surface area contributed by atoms with Crippen molar-refractivity contribution < 1.29 is 0 Å². The van der Waals surface area contributed by atoms with Gasteiger partial charge < -0.3 is 10.6 Å². The Morgan fingerprint density at radius 3 is 2.73 bits per heavy atom. The number of benzene rings is 1. The molecule has 0 fully saturated rings. The minimum atomic E-state index is 0.0277. The van der Waals surface area contributed by atoms with Gasteiger partial charge in [-0.2, -0.15) is 0 Å². The van der Waals surface area contributed by atoms with Gasteiger partial charge in [0.1, 0.15) is 5.84 Å². The van der Waals surface area contributed by atoms with Gasteiger partial charge in [0.2, 0.25) is 0 Å². The van der Waals surface area contributed by atoms with Crippen LogP contribution in [0.15, 0.2) is 35.3 Å². The molecule has 2 N–H and O–H groups in total. The van der Waals surface area contributed by atoms with E-state index in [1.165, 1.54) is 5.56 Å². The first-order valence-electron chi connectivity index (χ1n) is 5.32. The minimum absolute atomic E-state index is 0.0277. The number of nitrogens with zero attached hydrogens (tertiary/aromatic N) is 2. The normalized spacial score (nSPS) is 17.7. The molecule has 80 valence electrons. The highest BCUT2D eigenvalue weighted by Gasteiger charge is 2.19. The Hall–Kier alpha value is -1.35. The molecular formula is C12H17N3. The van der Waals surface area contributed by atoms with Crippen molar-refractivity contribution >= 4 is 5.84 Å². The van der Waals surface area contributed by atoms with Gasteiger partial charge in [-0.3, -0.25) is 4.99 Å². The molecule has 1 heterocycles. The van der Waals surface area contributed by atoms with Crippen molar-refractivity contribution in [1.82, 2.24) is 4.90 Å². The van der Waals surface area contributed by atoms with E-state index < -0.39 is 0 Å². The Balaban J connectivity index is 2.01. The summed E-state index contributed by atoms with van der Waals surface area (Å²) >= 11 is 0. The lowest BCUT2D eigenvalue weighted by molar-refractivity contribution is 0.533. The summed E-state index contributed by atoms with van der Waals surface area (Å²) in [6.45, 7) is 1.88. The van der Waals surface area contributed by atoms with Crippen molar-refractivity contribution in [3.05, 3.63) is 35.9 Å². The fraction of sp³-hybridized carbons (Fsp3) is 0.417. The summed E-state index contributed by atoms with van der Waals surface area (Å²) in [5.74, 6) is 1.04. The van der Waals surface area contributed by atoms with Crippen LogP contribution in [-0.2, 0) is 6.42 Å². The zero-order valence-corrected chi connectivity index (χ0v) is 9.06. The monoisotopic (exact) mass is 203 g/mol. The lowest BCUT2D eigenvalue weighted by Crippen LogP contribution is -2.40. The van der Waals surface area contributed by atoms with E-state index in [0.717, 1.165) is 25.3 Å². The largest absolute Gasteiger partial charge is 0.360 e. The molecule has 0 bridgehead atoms. The molecule has 3 nitrogen and oxygen atoms in total. The zero-order valence-electron chi connectivity index (χ0n) is 9.06. The van der Waals surface area contributed by atoms with E-state index in [4.69, 9.17) is 5.73 Å². The molecule has 1 aliphatic heterocycles. The Bertz CT molecular complexity index is 345. The van der Waals surface area contributed by atoms with Gasteiger partial charge in [0, 0.05) is 13.6 Å². The van der Waals surface area contributed by atoms with Crippen LogP contribution in [0.25, 0.3) is 0 Å². The fourth-order valence-electron chi connectivity index (χ4n) is 1.91. The molecule has 0 aliphatic carbocycles. The van der Waals surface area contributed by atoms with Crippen molar-refractivity contribution in [2.75, 3.05) is 20.1 Å². The molecule has 0 aromatic heterocycles. The third kappa shape index (κ3) is 2.36. The summed E-state index contributed by atoms with van der Waals surface area (Å²) < 4.78 is 0. The molecule has 15 heavy (non-hydrogen) atoms. The van der Waals surface area contributed by atoms with E-state index in [-0.39, 0.29) is 6.04 Å². The quantitative estimate of drug-likeness (QED) is 0.793. The lowest BCUT2D eigenvalue weighted by atomic mass is 10.1. The smallest absolute Gasteiger partial charge is 0.116 e. The zero-order chi connectivity index (χ0) is 10.7. The van der Waals surface area contributed by atoms with Crippen molar-refractivity contribution in [1.29, 1.82) is 0 Å². The molecule has 0 saturated carbocycles. The molecule has 1 aromatic carbocycles. The van der Waals surface area contributed by atoms with Crippen LogP contribution in [0.4, 0.5) is 0 Å². The molecule has 1 atom stereocenters. The number of hydrogen-bond donors (Lipinski definition) is 1. The standard InChI is InChI=1S/C12H17N3/c1-15-8-7-14-12(15)11(13)9-10-5-3-2-4-6-10/h2-6,11H,7-9,13H2,1H3. The lowest BCUT2D eigenvalue weighted by Gasteiger charge is -2.19. The maximum absolute atomic E-state index is 6.13. The van der Waals surface area contributed by atoms with E-state index in [1.807, 2.05) is 18.2 Å². The van der Waals surface area contributed by atoms with Gasteiger partial charge in [0.15, 0.2) is 0 Å². The maximum atomic E-state index is 6.13. The maximum Gasteiger partial charge on any atom is 0.116 e. The Kier molecular flexibility index (Phi) is 3.02. The Morgan fingerprint density at radius 2 is 2.13 bits per heavy atom. The third-order valence-electron chi connectivity index (χ3n) is 2.73. The van der Waals surface area contributed by atoms with Crippen LogP contribution in [0.2, 0.25) is 0 Å². The van der Waals surface area contributed by atoms with E-state index in [9.17, 15) is 0 Å². The van der Waals surface area contributed by atoms with Crippen LogP contribution in [0.5, 0.6) is 0 Å². The van der Waals surface area contributed by atoms with Gasteiger partial charge in [0.05, 0.1) is 12.6 Å². The van der Waals surface area contributed by atoms with Gasteiger partial charge in [-0.25, -0.2) is 0 Å².